The van der Waals surface area contributed by atoms with Crippen LogP contribution in [0.15, 0.2) is 23.2 Å². The highest BCUT2D eigenvalue weighted by atomic mass is 16.5. The lowest BCUT2D eigenvalue weighted by Crippen LogP contribution is -1.99. The van der Waals surface area contributed by atoms with E-state index in [-0.39, 0.29) is 0 Å². The largest absolute Gasteiger partial charge is 0.481 e. The summed E-state index contributed by atoms with van der Waals surface area (Å²) in [6.07, 6.45) is 4.92. The lowest BCUT2D eigenvalue weighted by molar-refractivity contribution is 0.395. The first kappa shape index (κ1) is 9.90. The number of aliphatic imine (C=N–C) groups is 1. The van der Waals surface area contributed by atoms with Gasteiger partial charge in [0.15, 0.2) is 0 Å². The van der Waals surface area contributed by atoms with E-state index in [1.165, 1.54) is 5.57 Å². The Morgan fingerprint density at radius 2 is 2.20 bits per heavy atom. The van der Waals surface area contributed by atoms with Gasteiger partial charge in [-0.25, -0.2) is 4.98 Å². The summed E-state index contributed by atoms with van der Waals surface area (Å²) in [6, 6.07) is 4.07. The first-order valence-electron chi connectivity index (χ1n) is 5.00. The van der Waals surface area contributed by atoms with Gasteiger partial charge in [-0.1, -0.05) is 6.08 Å². The second-order valence-corrected chi connectivity index (χ2v) is 3.49. The predicted octanol–water partition coefficient (Wildman–Crippen LogP) is 2.26. The summed E-state index contributed by atoms with van der Waals surface area (Å²) in [5.74, 6) is 0.705. The number of pyridine rings is 1. The molecule has 0 aromatic carbocycles. The van der Waals surface area contributed by atoms with Crippen molar-refractivity contribution in [2.24, 2.45) is 4.99 Å². The highest BCUT2D eigenvalue weighted by Gasteiger charge is 2.10. The minimum Gasteiger partial charge on any atom is -0.481 e. The first-order valence-corrected chi connectivity index (χ1v) is 5.00. The second kappa shape index (κ2) is 4.26. The van der Waals surface area contributed by atoms with Gasteiger partial charge >= 0.3 is 0 Å². The molecule has 0 unspecified atom stereocenters. The maximum Gasteiger partial charge on any atom is 0.220 e. The van der Waals surface area contributed by atoms with Gasteiger partial charge in [0.25, 0.3) is 0 Å². The molecule has 0 saturated carbocycles. The molecule has 2 rings (SSSR count). The molecule has 0 spiro atoms. The van der Waals surface area contributed by atoms with Crippen LogP contribution in [-0.4, -0.2) is 24.9 Å². The average molecular weight is 202 g/mol. The Morgan fingerprint density at radius 1 is 1.33 bits per heavy atom. The Labute approximate surface area is 89.5 Å². The van der Waals surface area contributed by atoms with Crippen LogP contribution < -0.4 is 4.74 Å². The first-order chi connectivity index (χ1) is 7.31. The van der Waals surface area contributed by atoms with E-state index in [2.05, 4.69) is 22.1 Å². The van der Waals surface area contributed by atoms with E-state index < -0.39 is 0 Å². The molecule has 0 fully saturated rings. The fraction of sp³-hybridized carbons (Fsp3) is 0.333. The van der Waals surface area contributed by atoms with Crippen molar-refractivity contribution in [3.05, 3.63) is 29.5 Å². The van der Waals surface area contributed by atoms with E-state index in [0.29, 0.717) is 5.88 Å². The molecular weight excluding hydrogens is 188 g/mol. The third-order valence-corrected chi connectivity index (χ3v) is 2.42. The summed E-state index contributed by atoms with van der Waals surface area (Å²) in [4.78, 5) is 8.52. The molecule has 3 nitrogen and oxygen atoms in total. The quantitative estimate of drug-likeness (QED) is 0.737. The number of allylic oxidation sites excluding steroid dienone is 1. The molecule has 3 heteroatoms. The highest BCUT2D eigenvalue weighted by molar-refractivity contribution is 5.83. The van der Waals surface area contributed by atoms with Gasteiger partial charge in [0.2, 0.25) is 5.88 Å². The van der Waals surface area contributed by atoms with Crippen molar-refractivity contribution in [1.29, 1.82) is 0 Å². The van der Waals surface area contributed by atoms with E-state index in [0.717, 1.165) is 24.2 Å². The van der Waals surface area contributed by atoms with Crippen molar-refractivity contribution in [3.63, 3.8) is 0 Å². The van der Waals surface area contributed by atoms with Crippen LogP contribution in [0.25, 0.3) is 5.57 Å². The number of ether oxygens (including phenoxy) is 1. The van der Waals surface area contributed by atoms with Gasteiger partial charge in [-0.05, 0) is 24.6 Å². The van der Waals surface area contributed by atoms with Crippen LogP contribution in [0, 0.1) is 6.92 Å². The SMILES string of the molecule is COc1nc(C)ccc1C1=CCN=CC1. The molecule has 0 atom stereocenters. The van der Waals surface area contributed by atoms with Crippen LogP contribution in [0.1, 0.15) is 17.7 Å². The van der Waals surface area contributed by atoms with Crippen LogP contribution in [0.3, 0.4) is 0 Å². The lowest BCUT2D eigenvalue weighted by atomic mass is 10.0. The number of aryl methyl sites for hydroxylation is 1. The average Bonchev–Trinajstić information content (AvgIpc) is 2.30. The molecule has 15 heavy (non-hydrogen) atoms. The van der Waals surface area contributed by atoms with Crippen LogP contribution >= 0.6 is 0 Å². The molecule has 0 saturated heterocycles. The molecule has 1 aliphatic rings. The van der Waals surface area contributed by atoms with Crippen molar-refractivity contribution in [2.75, 3.05) is 13.7 Å². The number of aromatic nitrogens is 1. The molecule has 1 aromatic heterocycles. The van der Waals surface area contributed by atoms with Crippen molar-refractivity contribution < 1.29 is 4.74 Å². The third-order valence-electron chi connectivity index (χ3n) is 2.42. The third kappa shape index (κ3) is 2.06. The Balaban J connectivity index is 2.38. The molecule has 0 bridgehead atoms. The number of rotatable bonds is 2. The van der Waals surface area contributed by atoms with Crippen LogP contribution in [0.5, 0.6) is 5.88 Å². The molecule has 1 aromatic rings. The number of nitrogens with zero attached hydrogens (tertiary/aromatic N) is 2. The topological polar surface area (TPSA) is 34.5 Å². The molecule has 78 valence electrons. The molecule has 1 aliphatic heterocycles. The van der Waals surface area contributed by atoms with E-state index in [4.69, 9.17) is 4.74 Å². The predicted molar refractivity (Wildman–Crippen MR) is 61.5 cm³/mol. The summed E-state index contributed by atoms with van der Waals surface area (Å²) >= 11 is 0. The van der Waals surface area contributed by atoms with Crippen LogP contribution in [0.2, 0.25) is 0 Å². The summed E-state index contributed by atoms with van der Waals surface area (Å²) < 4.78 is 5.28. The molecular formula is C12H14N2O. The van der Waals surface area contributed by atoms with Crippen molar-refractivity contribution in [2.45, 2.75) is 13.3 Å². The maximum atomic E-state index is 5.28. The zero-order chi connectivity index (χ0) is 10.7. The summed E-state index contributed by atoms with van der Waals surface area (Å²) in [5, 5.41) is 0. The van der Waals surface area contributed by atoms with Crippen LogP contribution in [0.4, 0.5) is 0 Å². The Morgan fingerprint density at radius 3 is 2.87 bits per heavy atom. The molecule has 2 heterocycles. The molecule has 0 aliphatic carbocycles. The van der Waals surface area contributed by atoms with Crippen molar-refractivity contribution in [3.8, 4) is 5.88 Å². The monoisotopic (exact) mass is 202 g/mol. The second-order valence-electron chi connectivity index (χ2n) is 3.49. The van der Waals surface area contributed by atoms with E-state index in [9.17, 15) is 0 Å². The Hall–Kier alpha value is -1.64. The maximum absolute atomic E-state index is 5.28. The molecule has 0 N–H and O–H groups in total. The number of dihydropyridines is 1. The fourth-order valence-corrected chi connectivity index (χ4v) is 1.64. The Bertz CT molecular complexity index is 422. The van der Waals surface area contributed by atoms with Gasteiger partial charge in [-0.15, -0.1) is 0 Å². The number of hydrogen-bond acceptors (Lipinski definition) is 3. The zero-order valence-corrected chi connectivity index (χ0v) is 9.03. The normalized spacial score (nSPS) is 14.9. The zero-order valence-electron chi connectivity index (χ0n) is 9.03. The number of methoxy groups -OCH3 is 1. The van der Waals surface area contributed by atoms with Gasteiger partial charge < -0.3 is 4.74 Å². The minimum absolute atomic E-state index is 0.705. The number of hydrogen-bond donors (Lipinski definition) is 0. The van der Waals surface area contributed by atoms with Gasteiger partial charge in [-0.2, -0.15) is 0 Å². The van der Waals surface area contributed by atoms with Gasteiger partial charge in [-0.3, -0.25) is 4.99 Å². The fourth-order valence-electron chi connectivity index (χ4n) is 1.64. The van der Waals surface area contributed by atoms with Gasteiger partial charge in [0.1, 0.15) is 0 Å². The smallest absolute Gasteiger partial charge is 0.220 e. The highest BCUT2D eigenvalue weighted by Crippen LogP contribution is 2.27. The van der Waals surface area contributed by atoms with Crippen molar-refractivity contribution >= 4 is 11.8 Å². The molecule has 0 amide bonds. The van der Waals surface area contributed by atoms with Crippen LogP contribution in [-0.2, 0) is 0 Å². The van der Waals surface area contributed by atoms with Gasteiger partial charge in [0.05, 0.1) is 13.7 Å². The standard InChI is InChI=1S/C12H14N2O/c1-9-3-4-11(12(14-9)15-2)10-5-7-13-8-6-10/h3-5,8H,6-7H2,1-2H3. The summed E-state index contributed by atoms with van der Waals surface area (Å²) in [7, 11) is 1.66. The lowest BCUT2D eigenvalue weighted by Gasteiger charge is -2.12. The minimum atomic E-state index is 0.705. The van der Waals surface area contributed by atoms with E-state index in [1.54, 1.807) is 7.11 Å². The van der Waals surface area contributed by atoms with Crippen molar-refractivity contribution in [1.82, 2.24) is 4.98 Å². The Kier molecular flexibility index (Phi) is 2.81. The summed E-state index contributed by atoms with van der Waals surface area (Å²) in [5.41, 5.74) is 3.30. The van der Waals surface area contributed by atoms with E-state index >= 15 is 0 Å². The van der Waals surface area contributed by atoms with Gasteiger partial charge in [0, 0.05) is 23.9 Å². The summed E-state index contributed by atoms with van der Waals surface area (Å²) in [6.45, 7) is 2.72. The molecule has 0 radical (unpaired) electrons. The van der Waals surface area contributed by atoms with E-state index in [1.807, 2.05) is 19.2 Å².